The molecule has 116 valence electrons. The lowest BCUT2D eigenvalue weighted by atomic mass is 9.90. The molecular formula is C15H23N3O3. The summed E-state index contributed by atoms with van der Waals surface area (Å²) in [5.41, 5.74) is 6.60. The molecule has 0 aliphatic heterocycles. The minimum Gasteiger partial charge on any atom is -0.487 e. The highest BCUT2D eigenvalue weighted by Gasteiger charge is 2.29. The first-order valence-electron chi connectivity index (χ1n) is 7.43. The van der Waals surface area contributed by atoms with Gasteiger partial charge < -0.3 is 15.4 Å². The molecule has 1 aromatic rings. The fourth-order valence-electron chi connectivity index (χ4n) is 2.94. The number of benzene rings is 1. The summed E-state index contributed by atoms with van der Waals surface area (Å²) in [4.78, 5) is 13.1. The molecule has 21 heavy (non-hydrogen) atoms. The Balaban J connectivity index is 2.29. The SMILES string of the molecule is CCOc1cccc(N(C)C2CCC(N)CC2)c1[N+](=O)[O-]. The van der Waals surface area contributed by atoms with Gasteiger partial charge in [0.25, 0.3) is 0 Å². The highest BCUT2D eigenvalue weighted by Crippen LogP contribution is 2.39. The van der Waals surface area contributed by atoms with Crippen molar-refractivity contribution in [1.29, 1.82) is 0 Å². The number of para-hydroxylation sites is 1. The molecule has 2 N–H and O–H groups in total. The number of ether oxygens (including phenoxy) is 1. The molecule has 6 nitrogen and oxygen atoms in total. The van der Waals surface area contributed by atoms with Gasteiger partial charge in [0.2, 0.25) is 0 Å². The first kappa shape index (κ1) is 15.6. The lowest BCUT2D eigenvalue weighted by Crippen LogP contribution is -2.39. The van der Waals surface area contributed by atoms with Gasteiger partial charge in [-0.1, -0.05) is 6.07 Å². The Labute approximate surface area is 125 Å². The maximum atomic E-state index is 11.4. The number of nitrogens with zero attached hydrogens (tertiary/aromatic N) is 2. The maximum Gasteiger partial charge on any atom is 0.333 e. The molecule has 0 aromatic heterocycles. The van der Waals surface area contributed by atoms with Crippen LogP contribution in [0.3, 0.4) is 0 Å². The van der Waals surface area contributed by atoms with E-state index in [1.54, 1.807) is 18.2 Å². The smallest absolute Gasteiger partial charge is 0.333 e. The lowest BCUT2D eigenvalue weighted by molar-refractivity contribution is -0.385. The molecule has 1 fully saturated rings. The monoisotopic (exact) mass is 293 g/mol. The molecule has 0 radical (unpaired) electrons. The molecule has 0 heterocycles. The zero-order valence-corrected chi connectivity index (χ0v) is 12.6. The molecule has 1 aliphatic carbocycles. The first-order valence-corrected chi connectivity index (χ1v) is 7.43. The van der Waals surface area contributed by atoms with Crippen LogP contribution in [0.2, 0.25) is 0 Å². The number of rotatable bonds is 5. The van der Waals surface area contributed by atoms with Crippen LogP contribution in [0, 0.1) is 10.1 Å². The fraction of sp³-hybridized carbons (Fsp3) is 0.600. The van der Waals surface area contributed by atoms with Crippen molar-refractivity contribution in [2.45, 2.75) is 44.7 Å². The average Bonchev–Trinajstić information content (AvgIpc) is 2.47. The van der Waals surface area contributed by atoms with E-state index in [1.807, 2.05) is 18.9 Å². The predicted octanol–water partition coefficient (Wildman–Crippen LogP) is 2.70. The number of hydrogen-bond donors (Lipinski definition) is 1. The molecule has 0 atom stereocenters. The van der Waals surface area contributed by atoms with Crippen LogP contribution in [0.15, 0.2) is 18.2 Å². The van der Waals surface area contributed by atoms with Crippen LogP contribution in [0.25, 0.3) is 0 Å². The Bertz CT molecular complexity index is 499. The van der Waals surface area contributed by atoms with Crippen molar-refractivity contribution in [3.05, 3.63) is 28.3 Å². The van der Waals surface area contributed by atoms with Gasteiger partial charge >= 0.3 is 5.69 Å². The highest BCUT2D eigenvalue weighted by atomic mass is 16.6. The lowest BCUT2D eigenvalue weighted by Gasteiger charge is -2.34. The van der Waals surface area contributed by atoms with E-state index in [2.05, 4.69) is 0 Å². The summed E-state index contributed by atoms with van der Waals surface area (Å²) in [6, 6.07) is 5.79. The van der Waals surface area contributed by atoms with Crippen LogP contribution in [0.4, 0.5) is 11.4 Å². The summed E-state index contributed by atoms with van der Waals surface area (Å²) in [6.45, 7) is 2.23. The summed E-state index contributed by atoms with van der Waals surface area (Å²) >= 11 is 0. The third-order valence-electron chi connectivity index (χ3n) is 4.13. The van der Waals surface area contributed by atoms with E-state index in [4.69, 9.17) is 10.5 Å². The van der Waals surface area contributed by atoms with Crippen LogP contribution >= 0.6 is 0 Å². The van der Waals surface area contributed by atoms with Gasteiger partial charge in [-0.25, -0.2) is 0 Å². The third-order valence-corrected chi connectivity index (χ3v) is 4.13. The van der Waals surface area contributed by atoms with Gasteiger partial charge in [-0.05, 0) is 44.7 Å². The first-order chi connectivity index (χ1) is 10.0. The average molecular weight is 293 g/mol. The van der Waals surface area contributed by atoms with Crippen LogP contribution in [0.1, 0.15) is 32.6 Å². The largest absolute Gasteiger partial charge is 0.487 e. The number of nitrogens with two attached hydrogens (primary N) is 1. The van der Waals surface area contributed by atoms with Gasteiger partial charge in [0.05, 0.1) is 11.5 Å². The Kier molecular flexibility index (Phi) is 5.01. The van der Waals surface area contributed by atoms with E-state index >= 15 is 0 Å². The van der Waals surface area contributed by atoms with E-state index in [1.165, 1.54) is 0 Å². The summed E-state index contributed by atoms with van der Waals surface area (Å²) in [7, 11) is 1.92. The topological polar surface area (TPSA) is 81.6 Å². The normalized spacial score (nSPS) is 21.9. The Morgan fingerprint density at radius 2 is 2.05 bits per heavy atom. The number of nitro groups is 1. The van der Waals surface area contributed by atoms with Crippen LogP contribution in [0.5, 0.6) is 5.75 Å². The van der Waals surface area contributed by atoms with E-state index in [9.17, 15) is 10.1 Å². The van der Waals surface area contributed by atoms with Crippen molar-refractivity contribution in [2.75, 3.05) is 18.6 Å². The van der Waals surface area contributed by atoms with Crippen molar-refractivity contribution in [2.24, 2.45) is 5.73 Å². The summed E-state index contributed by atoms with van der Waals surface area (Å²) < 4.78 is 5.41. The molecule has 0 amide bonds. The maximum absolute atomic E-state index is 11.4. The van der Waals surface area contributed by atoms with Crippen molar-refractivity contribution in [3.8, 4) is 5.75 Å². The van der Waals surface area contributed by atoms with Gasteiger partial charge in [0.15, 0.2) is 5.75 Å². The molecule has 0 spiro atoms. The molecule has 0 bridgehead atoms. The minimum absolute atomic E-state index is 0.0525. The summed E-state index contributed by atoms with van der Waals surface area (Å²) in [6.07, 6.45) is 3.86. The molecule has 1 saturated carbocycles. The Morgan fingerprint density at radius 3 is 2.62 bits per heavy atom. The van der Waals surface area contributed by atoms with Gasteiger partial charge in [-0.2, -0.15) is 0 Å². The predicted molar refractivity (Wildman–Crippen MR) is 82.9 cm³/mol. The number of anilines is 1. The van der Waals surface area contributed by atoms with E-state index < -0.39 is 0 Å². The van der Waals surface area contributed by atoms with Gasteiger partial charge in [-0.15, -0.1) is 0 Å². The molecule has 1 aliphatic rings. The minimum atomic E-state index is -0.356. The standard InChI is InChI=1S/C15H23N3O3/c1-3-21-14-6-4-5-13(15(14)18(19)20)17(2)12-9-7-11(16)8-10-12/h4-6,11-12H,3,7-10,16H2,1-2H3. The number of hydrogen-bond acceptors (Lipinski definition) is 5. The molecule has 0 unspecified atom stereocenters. The third kappa shape index (κ3) is 3.44. The van der Waals surface area contributed by atoms with Crippen LogP contribution in [-0.2, 0) is 0 Å². The summed E-state index contributed by atoms with van der Waals surface area (Å²) in [5.74, 6) is 0.333. The van der Waals surface area contributed by atoms with Gasteiger partial charge in [-0.3, -0.25) is 10.1 Å². The van der Waals surface area contributed by atoms with Crippen molar-refractivity contribution < 1.29 is 9.66 Å². The van der Waals surface area contributed by atoms with Gasteiger partial charge in [0, 0.05) is 19.1 Å². The molecule has 0 saturated heterocycles. The molecule has 6 heteroatoms. The second-order valence-corrected chi connectivity index (χ2v) is 5.49. The Hall–Kier alpha value is -1.82. The van der Waals surface area contributed by atoms with Crippen molar-refractivity contribution in [1.82, 2.24) is 0 Å². The van der Waals surface area contributed by atoms with Crippen molar-refractivity contribution in [3.63, 3.8) is 0 Å². The van der Waals surface area contributed by atoms with Crippen molar-refractivity contribution >= 4 is 11.4 Å². The van der Waals surface area contributed by atoms with Gasteiger partial charge in [0.1, 0.15) is 5.69 Å². The van der Waals surface area contributed by atoms with Crippen LogP contribution in [-0.4, -0.2) is 30.7 Å². The molecule has 1 aromatic carbocycles. The van der Waals surface area contributed by atoms with E-state index in [-0.39, 0.29) is 16.7 Å². The summed E-state index contributed by atoms with van der Waals surface area (Å²) in [5, 5.41) is 11.4. The van der Waals surface area contributed by atoms with E-state index in [0.29, 0.717) is 24.1 Å². The Morgan fingerprint density at radius 1 is 1.38 bits per heavy atom. The molecular weight excluding hydrogens is 270 g/mol. The zero-order valence-electron chi connectivity index (χ0n) is 12.6. The fourth-order valence-corrected chi connectivity index (χ4v) is 2.94. The zero-order chi connectivity index (χ0) is 15.4. The highest BCUT2D eigenvalue weighted by molar-refractivity contribution is 5.69. The molecule has 2 rings (SSSR count). The second-order valence-electron chi connectivity index (χ2n) is 5.49. The second kappa shape index (κ2) is 6.76. The number of nitro benzene ring substituents is 1. The van der Waals surface area contributed by atoms with Crippen LogP contribution < -0.4 is 15.4 Å². The van der Waals surface area contributed by atoms with E-state index in [0.717, 1.165) is 25.7 Å². The quantitative estimate of drug-likeness (QED) is 0.666.